The van der Waals surface area contributed by atoms with Crippen molar-refractivity contribution in [3.05, 3.63) is 88.4 Å². The average molecular weight is 433 g/mol. The van der Waals surface area contributed by atoms with Crippen LogP contribution in [-0.2, 0) is 6.42 Å². The van der Waals surface area contributed by atoms with E-state index < -0.39 is 0 Å². The lowest BCUT2D eigenvalue weighted by Crippen LogP contribution is -2.12. The fourth-order valence-corrected chi connectivity index (χ4v) is 5.75. The van der Waals surface area contributed by atoms with E-state index in [2.05, 4.69) is 88.7 Å². The van der Waals surface area contributed by atoms with Crippen molar-refractivity contribution in [1.29, 1.82) is 0 Å². The van der Waals surface area contributed by atoms with E-state index in [4.69, 9.17) is 0 Å². The molecular formula is C25H21BrS. The van der Waals surface area contributed by atoms with Gasteiger partial charge < -0.3 is 0 Å². The Labute approximate surface area is 173 Å². The number of fused-ring (bicyclic) bond motifs is 5. The van der Waals surface area contributed by atoms with Crippen LogP contribution in [0.2, 0.25) is 0 Å². The second-order valence-electron chi connectivity index (χ2n) is 7.37. The zero-order chi connectivity index (χ0) is 18.2. The first-order valence-electron chi connectivity index (χ1n) is 9.61. The van der Waals surface area contributed by atoms with Crippen molar-refractivity contribution < 1.29 is 0 Å². The molecule has 1 aliphatic carbocycles. The molecule has 0 fully saturated rings. The van der Waals surface area contributed by atoms with Crippen LogP contribution in [0.5, 0.6) is 0 Å². The molecule has 0 heterocycles. The van der Waals surface area contributed by atoms with Crippen LogP contribution in [0.25, 0.3) is 21.5 Å². The van der Waals surface area contributed by atoms with Crippen LogP contribution in [0.3, 0.4) is 0 Å². The van der Waals surface area contributed by atoms with Crippen LogP contribution in [0, 0.1) is 0 Å². The van der Waals surface area contributed by atoms with Crippen LogP contribution >= 0.6 is 27.7 Å². The summed E-state index contributed by atoms with van der Waals surface area (Å²) < 4.78 is 1.15. The zero-order valence-corrected chi connectivity index (χ0v) is 17.5. The van der Waals surface area contributed by atoms with Gasteiger partial charge in [0.1, 0.15) is 0 Å². The fourth-order valence-electron chi connectivity index (χ4n) is 4.43. The van der Waals surface area contributed by atoms with Gasteiger partial charge in [-0.3, -0.25) is 0 Å². The van der Waals surface area contributed by atoms with Gasteiger partial charge in [0.25, 0.3) is 0 Å². The third kappa shape index (κ3) is 3.30. The molecule has 5 rings (SSSR count). The third-order valence-corrected chi connectivity index (χ3v) is 7.43. The number of benzene rings is 4. The van der Waals surface area contributed by atoms with Gasteiger partial charge in [-0.05, 0) is 82.1 Å². The molecule has 1 aliphatic rings. The Bertz CT molecular complexity index is 1110. The number of aryl methyl sites for hydroxylation is 1. The van der Waals surface area contributed by atoms with Crippen molar-refractivity contribution in [1.82, 2.24) is 0 Å². The second-order valence-corrected chi connectivity index (χ2v) is 9.38. The fraction of sp³-hybridized carbons (Fsp3) is 0.200. The van der Waals surface area contributed by atoms with E-state index in [1.165, 1.54) is 45.7 Å². The van der Waals surface area contributed by atoms with Crippen molar-refractivity contribution in [2.24, 2.45) is 0 Å². The van der Waals surface area contributed by atoms with Gasteiger partial charge in [0.05, 0.1) is 0 Å². The minimum absolute atomic E-state index is 0.632. The van der Waals surface area contributed by atoms with Gasteiger partial charge in [0, 0.05) is 15.1 Å². The van der Waals surface area contributed by atoms with Crippen molar-refractivity contribution in [3.8, 4) is 0 Å². The predicted molar refractivity (Wildman–Crippen MR) is 122 cm³/mol. The van der Waals surface area contributed by atoms with Gasteiger partial charge in [-0.2, -0.15) is 0 Å². The molecule has 134 valence electrons. The molecule has 0 bridgehead atoms. The van der Waals surface area contributed by atoms with Gasteiger partial charge in [-0.25, -0.2) is 0 Å². The molecular weight excluding hydrogens is 412 g/mol. The lowest BCUT2D eigenvalue weighted by Gasteiger charge is -2.27. The maximum absolute atomic E-state index is 3.53. The largest absolute Gasteiger partial charge is 0.126 e. The quantitative estimate of drug-likeness (QED) is 0.233. The molecule has 0 amide bonds. The molecule has 27 heavy (non-hydrogen) atoms. The van der Waals surface area contributed by atoms with Gasteiger partial charge in [-0.1, -0.05) is 64.5 Å². The molecule has 0 saturated heterocycles. The number of rotatable bonds is 3. The molecule has 1 unspecified atom stereocenters. The van der Waals surface area contributed by atoms with E-state index in [1.54, 1.807) is 11.1 Å². The summed E-state index contributed by atoms with van der Waals surface area (Å²) in [7, 11) is 0. The van der Waals surface area contributed by atoms with Crippen molar-refractivity contribution >= 4 is 49.2 Å². The first-order valence-corrected chi connectivity index (χ1v) is 11.4. The van der Waals surface area contributed by atoms with Gasteiger partial charge >= 0.3 is 0 Å². The molecule has 0 aliphatic heterocycles. The summed E-state index contributed by atoms with van der Waals surface area (Å²) in [5.41, 5.74) is 3.17. The molecule has 0 saturated carbocycles. The summed E-state index contributed by atoms with van der Waals surface area (Å²) in [6.07, 6.45) is 3.82. The van der Waals surface area contributed by atoms with E-state index in [-0.39, 0.29) is 0 Å². The molecule has 4 aromatic rings. The van der Waals surface area contributed by atoms with E-state index in [1.807, 2.05) is 11.8 Å². The van der Waals surface area contributed by atoms with Crippen LogP contribution in [-0.4, -0.2) is 5.75 Å². The van der Waals surface area contributed by atoms with Crippen molar-refractivity contribution in [2.75, 3.05) is 5.75 Å². The molecule has 0 nitrogen and oxygen atoms in total. The van der Waals surface area contributed by atoms with Crippen LogP contribution in [0.4, 0.5) is 0 Å². The van der Waals surface area contributed by atoms with Crippen molar-refractivity contribution in [2.45, 2.75) is 30.1 Å². The Balaban J connectivity index is 1.56. The van der Waals surface area contributed by atoms with Crippen molar-refractivity contribution in [3.63, 3.8) is 0 Å². The zero-order valence-electron chi connectivity index (χ0n) is 15.1. The summed E-state index contributed by atoms with van der Waals surface area (Å²) in [6.45, 7) is 0. The normalized spacial score (nSPS) is 16.6. The summed E-state index contributed by atoms with van der Waals surface area (Å²) in [5.74, 6) is 1.79. The van der Waals surface area contributed by atoms with E-state index in [0.29, 0.717) is 5.92 Å². The summed E-state index contributed by atoms with van der Waals surface area (Å²) >= 11 is 5.52. The number of thioether (sulfide) groups is 1. The van der Waals surface area contributed by atoms with Crippen LogP contribution in [0.1, 0.15) is 29.9 Å². The average Bonchev–Trinajstić information content (AvgIpc) is 2.72. The molecule has 0 N–H and O–H groups in total. The maximum Gasteiger partial charge on any atom is 0.0176 e. The monoisotopic (exact) mass is 432 g/mol. The Morgan fingerprint density at radius 1 is 0.815 bits per heavy atom. The van der Waals surface area contributed by atoms with E-state index in [9.17, 15) is 0 Å². The minimum Gasteiger partial charge on any atom is -0.126 e. The topological polar surface area (TPSA) is 0 Å². The second kappa shape index (κ2) is 7.33. The smallest absolute Gasteiger partial charge is 0.0176 e. The highest BCUT2D eigenvalue weighted by Crippen LogP contribution is 2.41. The Morgan fingerprint density at radius 2 is 1.63 bits per heavy atom. The number of hydrogen-bond donors (Lipinski definition) is 0. The molecule has 0 radical (unpaired) electrons. The van der Waals surface area contributed by atoms with E-state index in [0.717, 1.165) is 10.2 Å². The Hall–Kier alpha value is -1.77. The first-order chi connectivity index (χ1) is 13.3. The molecule has 1 atom stereocenters. The highest BCUT2D eigenvalue weighted by molar-refractivity contribution is 9.10. The Morgan fingerprint density at radius 3 is 2.52 bits per heavy atom. The standard InChI is InChI=1S/C25H21BrS/c26-20-10-12-21(13-11-20)27-16-19-6-3-5-18-9-14-23-22-7-2-1-4-17(22)8-15-24(23)25(18)19/h1-2,4,7-15,19H,3,5-6,16H2. The Kier molecular flexibility index (Phi) is 4.71. The maximum atomic E-state index is 3.53. The van der Waals surface area contributed by atoms with Gasteiger partial charge in [0.15, 0.2) is 0 Å². The van der Waals surface area contributed by atoms with Gasteiger partial charge in [-0.15, -0.1) is 11.8 Å². The van der Waals surface area contributed by atoms with E-state index >= 15 is 0 Å². The molecule has 0 aromatic heterocycles. The number of halogens is 1. The molecule has 4 aromatic carbocycles. The summed E-state index contributed by atoms with van der Waals surface area (Å²) in [6, 6.07) is 26.9. The number of hydrogen-bond acceptors (Lipinski definition) is 1. The molecule has 2 heteroatoms. The predicted octanol–water partition coefficient (Wildman–Crippen LogP) is 7.97. The third-order valence-electron chi connectivity index (χ3n) is 5.73. The highest BCUT2D eigenvalue weighted by Gasteiger charge is 2.23. The van der Waals surface area contributed by atoms with Gasteiger partial charge in [0.2, 0.25) is 0 Å². The highest BCUT2D eigenvalue weighted by atomic mass is 79.9. The molecule has 0 spiro atoms. The summed E-state index contributed by atoms with van der Waals surface area (Å²) in [5, 5.41) is 5.59. The lowest BCUT2D eigenvalue weighted by atomic mass is 9.80. The van der Waals surface area contributed by atoms with Crippen LogP contribution < -0.4 is 0 Å². The first kappa shape index (κ1) is 17.3. The summed E-state index contributed by atoms with van der Waals surface area (Å²) in [4.78, 5) is 1.36. The SMILES string of the molecule is Brc1ccc(SCC2CCCc3ccc4c(ccc5ccccc54)c32)cc1. The lowest BCUT2D eigenvalue weighted by molar-refractivity contribution is 0.601. The minimum atomic E-state index is 0.632. The van der Waals surface area contributed by atoms with Crippen LogP contribution in [0.15, 0.2) is 82.2 Å².